The molecule has 1 aromatic rings. The minimum absolute atomic E-state index is 0.299. The molecule has 0 saturated heterocycles. The molecule has 1 aromatic carbocycles. The number of rotatable bonds is 1. The highest BCUT2D eigenvalue weighted by Gasteiger charge is 2.24. The Kier molecular flexibility index (Phi) is 2.73. The normalized spacial score (nSPS) is 27.5. The number of anilines is 1. The van der Waals surface area contributed by atoms with E-state index in [0.717, 1.165) is 12.1 Å². The van der Waals surface area contributed by atoms with Crippen molar-refractivity contribution in [3.63, 3.8) is 0 Å². The molecule has 2 atom stereocenters. The average Bonchev–Trinajstić information content (AvgIpc) is 2.20. The van der Waals surface area contributed by atoms with Crippen LogP contribution in [0.1, 0.15) is 37.2 Å². The summed E-state index contributed by atoms with van der Waals surface area (Å²) in [5, 5.41) is 0. The van der Waals surface area contributed by atoms with Gasteiger partial charge in [-0.25, -0.2) is 0 Å². The van der Waals surface area contributed by atoms with Crippen LogP contribution in [-0.2, 0) is 0 Å². The summed E-state index contributed by atoms with van der Waals surface area (Å²) >= 11 is 0. The van der Waals surface area contributed by atoms with Gasteiger partial charge in [0.05, 0.1) is 0 Å². The molecule has 4 N–H and O–H groups in total. The molecule has 0 amide bonds. The van der Waals surface area contributed by atoms with Crippen LogP contribution in [0.4, 0.5) is 5.69 Å². The van der Waals surface area contributed by atoms with E-state index in [1.165, 1.54) is 24.8 Å². The molecule has 1 aliphatic carbocycles. The van der Waals surface area contributed by atoms with Crippen LogP contribution in [0.15, 0.2) is 24.3 Å². The summed E-state index contributed by atoms with van der Waals surface area (Å²) in [4.78, 5) is 0. The van der Waals surface area contributed by atoms with Crippen molar-refractivity contribution in [2.45, 2.75) is 37.6 Å². The van der Waals surface area contributed by atoms with Gasteiger partial charge in [0.2, 0.25) is 0 Å². The maximum absolute atomic E-state index is 6.12. The minimum Gasteiger partial charge on any atom is -0.398 e. The molecule has 1 saturated carbocycles. The van der Waals surface area contributed by atoms with Gasteiger partial charge in [-0.2, -0.15) is 0 Å². The molecule has 0 bridgehead atoms. The molecule has 2 nitrogen and oxygen atoms in total. The predicted octanol–water partition coefficient (Wildman–Crippen LogP) is 2.25. The van der Waals surface area contributed by atoms with E-state index in [1.807, 2.05) is 18.2 Å². The van der Waals surface area contributed by atoms with Crippen molar-refractivity contribution in [2.24, 2.45) is 5.73 Å². The van der Waals surface area contributed by atoms with Crippen molar-refractivity contribution in [3.8, 4) is 0 Å². The van der Waals surface area contributed by atoms with Crippen molar-refractivity contribution in [3.05, 3.63) is 29.8 Å². The Bertz CT molecular complexity index is 309. The van der Waals surface area contributed by atoms with Crippen LogP contribution < -0.4 is 11.5 Å². The molecular weight excluding hydrogens is 172 g/mol. The van der Waals surface area contributed by atoms with Crippen molar-refractivity contribution >= 4 is 5.69 Å². The van der Waals surface area contributed by atoms with Gasteiger partial charge in [-0.3, -0.25) is 0 Å². The lowest BCUT2D eigenvalue weighted by Gasteiger charge is -2.29. The Morgan fingerprint density at radius 2 is 1.79 bits per heavy atom. The predicted molar refractivity (Wildman–Crippen MR) is 60.0 cm³/mol. The zero-order valence-electron chi connectivity index (χ0n) is 8.45. The van der Waals surface area contributed by atoms with E-state index in [2.05, 4.69) is 6.07 Å². The Hall–Kier alpha value is -1.02. The zero-order chi connectivity index (χ0) is 9.97. The van der Waals surface area contributed by atoms with E-state index < -0.39 is 0 Å². The molecule has 14 heavy (non-hydrogen) atoms. The van der Waals surface area contributed by atoms with Crippen LogP contribution in [0.2, 0.25) is 0 Å². The number of benzene rings is 1. The third-order valence-electron chi connectivity index (χ3n) is 3.21. The van der Waals surface area contributed by atoms with Crippen molar-refractivity contribution in [2.75, 3.05) is 5.73 Å². The lowest BCUT2D eigenvalue weighted by molar-refractivity contribution is 0.386. The number of para-hydroxylation sites is 1. The third-order valence-corrected chi connectivity index (χ3v) is 3.21. The Balaban J connectivity index is 2.25. The second kappa shape index (κ2) is 4.01. The fourth-order valence-electron chi connectivity index (χ4n) is 2.39. The van der Waals surface area contributed by atoms with E-state index in [9.17, 15) is 0 Å². The van der Waals surface area contributed by atoms with E-state index in [4.69, 9.17) is 11.5 Å². The Morgan fingerprint density at radius 3 is 2.50 bits per heavy atom. The molecule has 2 rings (SSSR count). The first kappa shape index (κ1) is 9.53. The minimum atomic E-state index is 0.299. The SMILES string of the molecule is Nc1ccccc1[C@H]1CCCC[C@@H]1N. The van der Waals surface area contributed by atoms with Gasteiger partial charge >= 0.3 is 0 Å². The molecule has 0 aromatic heterocycles. The molecule has 0 aliphatic heterocycles. The Morgan fingerprint density at radius 1 is 1.07 bits per heavy atom. The van der Waals surface area contributed by atoms with Crippen LogP contribution in [-0.4, -0.2) is 6.04 Å². The number of hydrogen-bond acceptors (Lipinski definition) is 2. The van der Waals surface area contributed by atoms with Crippen LogP contribution in [0.3, 0.4) is 0 Å². The molecular formula is C12H18N2. The molecule has 0 radical (unpaired) electrons. The maximum atomic E-state index is 6.12. The van der Waals surface area contributed by atoms with Gasteiger partial charge in [0.25, 0.3) is 0 Å². The first-order valence-electron chi connectivity index (χ1n) is 5.39. The highest BCUT2D eigenvalue weighted by atomic mass is 14.7. The summed E-state index contributed by atoms with van der Waals surface area (Å²) < 4.78 is 0. The molecule has 0 spiro atoms. The highest BCUT2D eigenvalue weighted by Crippen LogP contribution is 2.34. The lowest BCUT2D eigenvalue weighted by atomic mass is 9.80. The summed E-state index contributed by atoms with van der Waals surface area (Å²) in [5.41, 5.74) is 14.2. The monoisotopic (exact) mass is 190 g/mol. The number of nitrogens with two attached hydrogens (primary N) is 2. The lowest BCUT2D eigenvalue weighted by Crippen LogP contribution is -2.31. The molecule has 76 valence electrons. The fraction of sp³-hybridized carbons (Fsp3) is 0.500. The van der Waals surface area contributed by atoms with E-state index in [-0.39, 0.29) is 0 Å². The second-order valence-corrected chi connectivity index (χ2v) is 4.18. The largest absolute Gasteiger partial charge is 0.398 e. The zero-order valence-corrected chi connectivity index (χ0v) is 8.45. The quantitative estimate of drug-likeness (QED) is 0.667. The number of hydrogen-bond donors (Lipinski definition) is 2. The highest BCUT2D eigenvalue weighted by molar-refractivity contribution is 5.49. The van der Waals surface area contributed by atoms with Crippen LogP contribution in [0, 0.1) is 0 Å². The smallest absolute Gasteiger partial charge is 0.0350 e. The standard InChI is InChI=1S/C12H18N2/c13-11-7-3-1-5-9(11)10-6-2-4-8-12(10)14/h1,3,5,7,10,12H,2,4,6,8,13-14H2/t10-,12+/m1/s1. The summed E-state index contributed by atoms with van der Waals surface area (Å²) in [6, 6.07) is 8.41. The summed E-state index contributed by atoms with van der Waals surface area (Å²) in [7, 11) is 0. The van der Waals surface area contributed by atoms with Gasteiger partial charge in [0.1, 0.15) is 0 Å². The van der Waals surface area contributed by atoms with Crippen molar-refractivity contribution in [1.82, 2.24) is 0 Å². The second-order valence-electron chi connectivity index (χ2n) is 4.18. The molecule has 0 unspecified atom stereocenters. The first-order valence-corrected chi connectivity index (χ1v) is 5.39. The molecule has 1 fully saturated rings. The summed E-state index contributed by atoms with van der Waals surface area (Å²) in [5.74, 6) is 0.477. The van der Waals surface area contributed by atoms with Gasteiger partial charge in [-0.1, -0.05) is 31.0 Å². The van der Waals surface area contributed by atoms with Gasteiger partial charge in [0.15, 0.2) is 0 Å². The topological polar surface area (TPSA) is 52.0 Å². The van der Waals surface area contributed by atoms with E-state index >= 15 is 0 Å². The van der Waals surface area contributed by atoms with Crippen LogP contribution >= 0.6 is 0 Å². The molecule has 1 aliphatic rings. The van der Waals surface area contributed by atoms with Crippen molar-refractivity contribution in [1.29, 1.82) is 0 Å². The summed E-state index contributed by atoms with van der Waals surface area (Å²) in [6.07, 6.45) is 4.88. The third kappa shape index (κ3) is 1.75. The Labute approximate surface area is 85.3 Å². The fourth-order valence-corrected chi connectivity index (χ4v) is 2.39. The molecule has 0 heterocycles. The van der Waals surface area contributed by atoms with Crippen molar-refractivity contribution < 1.29 is 0 Å². The van der Waals surface area contributed by atoms with E-state index in [1.54, 1.807) is 0 Å². The average molecular weight is 190 g/mol. The molecule has 2 heteroatoms. The van der Waals surface area contributed by atoms with Crippen LogP contribution in [0.25, 0.3) is 0 Å². The van der Waals surface area contributed by atoms with Gasteiger partial charge in [0, 0.05) is 17.6 Å². The van der Waals surface area contributed by atoms with Gasteiger partial charge in [-0.15, -0.1) is 0 Å². The summed E-state index contributed by atoms with van der Waals surface area (Å²) in [6.45, 7) is 0. The van der Waals surface area contributed by atoms with Crippen LogP contribution in [0.5, 0.6) is 0 Å². The van der Waals surface area contributed by atoms with E-state index in [0.29, 0.717) is 12.0 Å². The first-order chi connectivity index (χ1) is 6.79. The van der Waals surface area contributed by atoms with Gasteiger partial charge < -0.3 is 11.5 Å². The number of nitrogen functional groups attached to an aromatic ring is 1. The maximum Gasteiger partial charge on any atom is 0.0350 e. The van der Waals surface area contributed by atoms with Gasteiger partial charge in [-0.05, 0) is 24.5 Å².